The molecule has 1 fully saturated rings. The standard InChI is InChI=1S/C24H24FN7O/c1-29(2)18-9-13-30(16-18)23(33)19-8-7-17(14-20(19)25)32(24-26-10-5-11-27-24)22-15-28-21-6-3-4-12-31(21)22/h3-8,10-12,14-15,18H,9,13,16H2,1-2H3. The van der Waals surface area contributed by atoms with Crippen molar-refractivity contribution in [2.24, 2.45) is 0 Å². The van der Waals surface area contributed by atoms with Gasteiger partial charge in [0.15, 0.2) is 0 Å². The minimum Gasteiger partial charge on any atom is -0.337 e. The third kappa shape index (κ3) is 3.91. The maximum Gasteiger partial charge on any atom is 0.256 e. The van der Waals surface area contributed by atoms with Crippen LogP contribution in [0, 0.1) is 5.82 Å². The van der Waals surface area contributed by atoms with Crippen LogP contribution in [0.3, 0.4) is 0 Å². The van der Waals surface area contributed by atoms with E-state index < -0.39 is 5.82 Å². The van der Waals surface area contributed by atoms with E-state index in [1.54, 1.807) is 40.5 Å². The number of carbonyl (C=O) groups excluding carboxylic acids is 1. The van der Waals surface area contributed by atoms with Gasteiger partial charge in [0.05, 0.1) is 17.4 Å². The van der Waals surface area contributed by atoms with Crippen LogP contribution in [0.1, 0.15) is 16.8 Å². The molecule has 0 radical (unpaired) electrons. The highest BCUT2D eigenvalue weighted by molar-refractivity contribution is 5.95. The number of halogens is 1. The predicted molar refractivity (Wildman–Crippen MR) is 123 cm³/mol. The van der Waals surface area contributed by atoms with Crippen LogP contribution in [0.2, 0.25) is 0 Å². The van der Waals surface area contributed by atoms with Gasteiger partial charge in [-0.3, -0.25) is 14.1 Å². The zero-order chi connectivity index (χ0) is 22.9. The van der Waals surface area contributed by atoms with Gasteiger partial charge in [-0.1, -0.05) is 6.07 Å². The van der Waals surface area contributed by atoms with Crippen molar-refractivity contribution in [3.63, 3.8) is 0 Å². The highest BCUT2D eigenvalue weighted by Crippen LogP contribution is 2.33. The van der Waals surface area contributed by atoms with Gasteiger partial charge in [-0.05, 0) is 56.9 Å². The first-order chi connectivity index (χ1) is 16.0. The molecule has 1 saturated heterocycles. The number of benzene rings is 1. The Labute approximate surface area is 190 Å². The maximum absolute atomic E-state index is 15.3. The number of pyridine rings is 1. The Morgan fingerprint density at radius 1 is 1.09 bits per heavy atom. The number of rotatable bonds is 5. The molecule has 1 aliphatic heterocycles. The molecule has 0 aliphatic carbocycles. The second-order valence-corrected chi connectivity index (χ2v) is 8.25. The summed E-state index contributed by atoms with van der Waals surface area (Å²) in [6.45, 7) is 1.22. The van der Waals surface area contributed by atoms with Crippen LogP contribution >= 0.6 is 0 Å². The molecule has 9 heteroatoms. The fourth-order valence-electron chi connectivity index (χ4n) is 4.18. The predicted octanol–water partition coefficient (Wildman–Crippen LogP) is 3.51. The van der Waals surface area contributed by atoms with Crippen LogP contribution in [0.4, 0.5) is 21.8 Å². The molecule has 33 heavy (non-hydrogen) atoms. The molecule has 4 aromatic rings. The summed E-state index contributed by atoms with van der Waals surface area (Å²) in [6.07, 6.45) is 7.69. The molecule has 0 bridgehead atoms. The maximum atomic E-state index is 15.3. The monoisotopic (exact) mass is 445 g/mol. The van der Waals surface area contributed by atoms with Gasteiger partial charge in [0.2, 0.25) is 5.95 Å². The Hall–Kier alpha value is -3.85. The van der Waals surface area contributed by atoms with Crippen molar-refractivity contribution in [3.8, 4) is 0 Å². The second-order valence-electron chi connectivity index (χ2n) is 8.25. The number of amides is 1. The van der Waals surface area contributed by atoms with E-state index in [0.717, 1.165) is 12.1 Å². The summed E-state index contributed by atoms with van der Waals surface area (Å²) in [6, 6.07) is 12.3. The first-order valence-corrected chi connectivity index (χ1v) is 10.8. The molecule has 5 rings (SSSR count). The van der Waals surface area contributed by atoms with Crippen LogP contribution in [-0.4, -0.2) is 68.3 Å². The SMILES string of the molecule is CN(C)C1CCN(C(=O)c2ccc(N(c3ncccn3)c3cnc4ccccn34)cc2F)C1. The van der Waals surface area contributed by atoms with Crippen molar-refractivity contribution in [1.29, 1.82) is 0 Å². The Morgan fingerprint density at radius 3 is 2.64 bits per heavy atom. The smallest absolute Gasteiger partial charge is 0.256 e. The summed E-state index contributed by atoms with van der Waals surface area (Å²) in [5.41, 5.74) is 1.30. The Bertz CT molecular complexity index is 1290. The number of anilines is 3. The minimum absolute atomic E-state index is 0.0604. The van der Waals surface area contributed by atoms with E-state index in [0.29, 0.717) is 30.5 Å². The minimum atomic E-state index is -0.583. The molecule has 0 N–H and O–H groups in total. The summed E-state index contributed by atoms with van der Waals surface area (Å²) in [7, 11) is 3.99. The Kier molecular flexibility index (Phi) is 5.47. The molecule has 1 amide bonds. The molecule has 4 heterocycles. The number of hydrogen-bond donors (Lipinski definition) is 0. The summed E-state index contributed by atoms with van der Waals surface area (Å²) in [5, 5.41) is 0. The topological polar surface area (TPSA) is 69.9 Å². The zero-order valence-electron chi connectivity index (χ0n) is 18.5. The van der Waals surface area contributed by atoms with Gasteiger partial charge in [0.1, 0.15) is 17.3 Å². The van der Waals surface area contributed by atoms with Crippen molar-refractivity contribution in [2.75, 3.05) is 32.1 Å². The number of aromatic nitrogens is 4. The van der Waals surface area contributed by atoms with E-state index in [4.69, 9.17) is 0 Å². The first-order valence-electron chi connectivity index (χ1n) is 10.8. The quantitative estimate of drug-likeness (QED) is 0.468. The molecule has 168 valence electrons. The summed E-state index contributed by atoms with van der Waals surface area (Å²) in [5.74, 6) is 0.153. The van der Waals surface area contributed by atoms with E-state index in [2.05, 4.69) is 19.9 Å². The van der Waals surface area contributed by atoms with Gasteiger partial charge in [0.25, 0.3) is 5.91 Å². The summed E-state index contributed by atoms with van der Waals surface area (Å²) >= 11 is 0. The van der Waals surface area contributed by atoms with Crippen molar-refractivity contribution >= 4 is 29.0 Å². The van der Waals surface area contributed by atoms with Gasteiger partial charge in [-0.15, -0.1) is 0 Å². The van der Waals surface area contributed by atoms with Crippen molar-refractivity contribution in [2.45, 2.75) is 12.5 Å². The number of likely N-dealkylation sites (tertiary alicyclic amines) is 1. The molecule has 1 unspecified atom stereocenters. The lowest BCUT2D eigenvalue weighted by Crippen LogP contribution is -2.34. The molecular formula is C24H24FN7O. The number of hydrogen-bond acceptors (Lipinski definition) is 6. The second kappa shape index (κ2) is 8.59. The average molecular weight is 446 g/mol. The largest absolute Gasteiger partial charge is 0.337 e. The van der Waals surface area contributed by atoms with Crippen molar-refractivity contribution in [3.05, 3.63) is 78.6 Å². The van der Waals surface area contributed by atoms with E-state index in [-0.39, 0.29) is 17.5 Å². The van der Waals surface area contributed by atoms with Gasteiger partial charge in [-0.25, -0.2) is 19.3 Å². The van der Waals surface area contributed by atoms with E-state index in [1.165, 1.54) is 12.1 Å². The molecular weight excluding hydrogens is 421 g/mol. The van der Waals surface area contributed by atoms with Crippen molar-refractivity contribution < 1.29 is 9.18 Å². The van der Waals surface area contributed by atoms with Crippen LogP contribution in [-0.2, 0) is 0 Å². The first kappa shape index (κ1) is 21.0. The lowest BCUT2D eigenvalue weighted by molar-refractivity contribution is 0.0778. The number of nitrogens with zero attached hydrogens (tertiary/aromatic N) is 7. The van der Waals surface area contributed by atoms with Gasteiger partial charge >= 0.3 is 0 Å². The highest BCUT2D eigenvalue weighted by atomic mass is 19.1. The molecule has 0 spiro atoms. The average Bonchev–Trinajstić information content (AvgIpc) is 3.48. The van der Waals surface area contributed by atoms with Gasteiger partial charge in [0, 0.05) is 37.7 Å². The molecule has 3 aromatic heterocycles. The van der Waals surface area contributed by atoms with Gasteiger partial charge < -0.3 is 9.80 Å². The highest BCUT2D eigenvalue weighted by Gasteiger charge is 2.30. The van der Waals surface area contributed by atoms with E-state index in [1.807, 2.05) is 42.9 Å². The van der Waals surface area contributed by atoms with E-state index >= 15 is 4.39 Å². The van der Waals surface area contributed by atoms with Crippen LogP contribution in [0.25, 0.3) is 5.65 Å². The molecule has 0 saturated carbocycles. The number of carbonyl (C=O) groups is 1. The zero-order valence-corrected chi connectivity index (χ0v) is 18.5. The fraction of sp³-hybridized carbons (Fsp3) is 0.250. The molecule has 1 aliphatic rings. The third-order valence-corrected chi connectivity index (χ3v) is 6.00. The van der Waals surface area contributed by atoms with Gasteiger partial charge in [-0.2, -0.15) is 0 Å². The van der Waals surface area contributed by atoms with Crippen LogP contribution < -0.4 is 4.90 Å². The summed E-state index contributed by atoms with van der Waals surface area (Å²) in [4.78, 5) is 31.7. The Morgan fingerprint density at radius 2 is 1.91 bits per heavy atom. The normalized spacial score (nSPS) is 16.0. The van der Waals surface area contributed by atoms with E-state index in [9.17, 15) is 4.79 Å². The molecule has 1 aromatic carbocycles. The number of fused-ring (bicyclic) bond motifs is 1. The van der Waals surface area contributed by atoms with Crippen LogP contribution in [0.15, 0.2) is 67.3 Å². The molecule has 8 nitrogen and oxygen atoms in total. The Balaban J connectivity index is 1.52. The number of likely N-dealkylation sites (N-methyl/N-ethyl adjacent to an activating group) is 1. The molecule has 1 atom stereocenters. The number of imidazole rings is 1. The van der Waals surface area contributed by atoms with Crippen molar-refractivity contribution in [1.82, 2.24) is 29.2 Å². The fourth-order valence-corrected chi connectivity index (χ4v) is 4.18. The summed E-state index contributed by atoms with van der Waals surface area (Å²) < 4.78 is 17.2. The lowest BCUT2D eigenvalue weighted by atomic mass is 10.1. The lowest BCUT2D eigenvalue weighted by Gasteiger charge is -2.23. The third-order valence-electron chi connectivity index (χ3n) is 6.00. The van der Waals surface area contributed by atoms with Crippen LogP contribution in [0.5, 0.6) is 0 Å².